The zero-order valence-electron chi connectivity index (χ0n) is 7.43. The lowest BCUT2D eigenvalue weighted by atomic mass is 10.1. The molecule has 1 heterocycles. The maximum atomic E-state index is 12.5. The average molecular weight is 220 g/mol. The summed E-state index contributed by atoms with van der Waals surface area (Å²) in [6, 6.07) is 1.20. The Hall–Kier alpha value is -1.03. The van der Waals surface area contributed by atoms with E-state index in [-0.39, 0.29) is 22.7 Å². The van der Waals surface area contributed by atoms with E-state index in [2.05, 4.69) is 4.98 Å². The molecule has 0 spiro atoms. The van der Waals surface area contributed by atoms with Crippen molar-refractivity contribution < 1.29 is 13.6 Å². The van der Waals surface area contributed by atoms with Crippen LogP contribution in [0.3, 0.4) is 0 Å². The first-order valence-electron chi connectivity index (χ1n) is 3.89. The van der Waals surface area contributed by atoms with Crippen LogP contribution in [0.25, 0.3) is 0 Å². The van der Waals surface area contributed by atoms with Gasteiger partial charge in [-0.25, -0.2) is 8.78 Å². The smallest absolute Gasteiger partial charge is 0.264 e. The van der Waals surface area contributed by atoms with Gasteiger partial charge in [-0.05, 0) is 13.0 Å². The molecule has 0 saturated heterocycles. The minimum absolute atomic E-state index is 0.0462. The van der Waals surface area contributed by atoms with E-state index in [4.69, 9.17) is 11.6 Å². The highest BCUT2D eigenvalue weighted by molar-refractivity contribution is 6.17. The summed E-state index contributed by atoms with van der Waals surface area (Å²) in [6.07, 6.45) is -2.31. The van der Waals surface area contributed by atoms with Crippen LogP contribution >= 0.6 is 11.6 Å². The number of rotatable bonds is 3. The van der Waals surface area contributed by atoms with E-state index in [1.54, 1.807) is 6.92 Å². The number of carbonyl (C=O) groups is 1. The number of aldehydes is 1. The third kappa shape index (κ3) is 2.07. The molecule has 0 amide bonds. The van der Waals surface area contributed by atoms with Gasteiger partial charge in [0, 0.05) is 16.8 Å². The summed E-state index contributed by atoms with van der Waals surface area (Å²) >= 11 is 5.49. The predicted molar refractivity (Wildman–Crippen MR) is 48.9 cm³/mol. The van der Waals surface area contributed by atoms with E-state index in [1.165, 1.54) is 6.07 Å². The Morgan fingerprint density at radius 1 is 1.64 bits per heavy atom. The Kier molecular flexibility index (Phi) is 3.52. The van der Waals surface area contributed by atoms with Crippen LogP contribution in [-0.4, -0.2) is 11.3 Å². The van der Waals surface area contributed by atoms with Crippen molar-refractivity contribution in [3.8, 4) is 0 Å². The fourth-order valence-corrected chi connectivity index (χ4v) is 1.40. The van der Waals surface area contributed by atoms with Crippen LogP contribution in [0.4, 0.5) is 8.78 Å². The highest BCUT2D eigenvalue weighted by Gasteiger charge is 2.17. The molecule has 0 aliphatic rings. The molecule has 0 aromatic carbocycles. The van der Waals surface area contributed by atoms with Crippen LogP contribution in [0.15, 0.2) is 6.07 Å². The van der Waals surface area contributed by atoms with Gasteiger partial charge in [0.2, 0.25) is 0 Å². The van der Waals surface area contributed by atoms with E-state index in [0.29, 0.717) is 12.0 Å². The Morgan fingerprint density at radius 2 is 2.29 bits per heavy atom. The number of aromatic nitrogens is 1. The van der Waals surface area contributed by atoms with Gasteiger partial charge in [0.1, 0.15) is 0 Å². The molecule has 0 aliphatic heterocycles. The SMILES string of the molecule is Cc1cc(C(F)F)c(C=O)c(CCl)n1. The number of alkyl halides is 3. The van der Waals surface area contributed by atoms with Crippen LogP contribution in [0.5, 0.6) is 0 Å². The molecule has 1 rings (SSSR count). The number of pyridine rings is 1. The Bertz CT molecular complexity index is 355. The fourth-order valence-electron chi connectivity index (χ4n) is 1.19. The van der Waals surface area contributed by atoms with Crippen molar-refractivity contribution in [2.24, 2.45) is 0 Å². The highest BCUT2D eigenvalue weighted by atomic mass is 35.5. The van der Waals surface area contributed by atoms with Gasteiger partial charge in [0.05, 0.1) is 11.6 Å². The van der Waals surface area contributed by atoms with Gasteiger partial charge < -0.3 is 0 Å². The minimum atomic E-state index is -2.68. The molecule has 0 N–H and O–H groups in total. The quantitative estimate of drug-likeness (QED) is 0.578. The van der Waals surface area contributed by atoms with Gasteiger partial charge >= 0.3 is 0 Å². The first-order chi connectivity index (χ1) is 6.60. The third-order valence-corrected chi connectivity index (χ3v) is 2.03. The van der Waals surface area contributed by atoms with Crippen molar-refractivity contribution in [1.82, 2.24) is 4.98 Å². The molecule has 14 heavy (non-hydrogen) atoms. The largest absolute Gasteiger partial charge is 0.298 e. The maximum absolute atomic E-state index is 12.5. The Balaban J connectivity index is 3.39. The molecule has 0 unspecified atom stereocenters. The number of carbonyl (C=O) groups excluding carboxylic acids is 1. The van der Waals surface area contributed by atoms with Gasteiger partial charge in [-0.3, -0.25) is 9.78 Å². The number of halogens is 3. The van der Waals surface area contributed by atoms with Crippen molar-refractivity contribution in [3.63, 3.8) is 0 Å². The summed E-state index contributed by atoms with van der Waals surface area (Å²) in [7, 11) is 0. The van der Waals surface area contributed by atoms with Crippen LogP contribution < -0.4 is 0 Å². The van der Waals surface area contributed by atoms with Crippen molar-refractivity contribution in [2.45, 2.75) is 19.2 Å². The second-order valence-corrected chi connectivity index (χ2v) is 3.03. The molecule has 1 aromatic heterocycles. The summed E-state index contributed by atoms with van der Waals surface area (Å²) in [6.45, 7) is 1.58. The van der Waals surface area contributed by atoms with E-state index in [1.807, 2.05) is 0 Å². The predicted octanol–water partition coefficient (Wildman–Crippen LogP) is 2.88. The molecular weight excluding hydrogens is 212 g/mol. The molecule has 5 heteroatoms. The first-order valence-corrected chi connectivity index (χ1v) is 4.43. The molecule has 2 nitrogen and oxygen atoms in total. The van der Waals surface area contributed by atoms with Gasteiger partial charge in [-0.2, -0.15) is 0 Å². The highest BCUT2D eigenvalue weighted by Crippen LogP contribution is 2.25. The lowest BCUT2D eigenvalue weighted by Crippen LogP contribution is -2.03. The van der Waals surface area contributed by atoms with E-state index >= 15 is 0 Å². The van der Waals surface area contributed by atoms with Gasteiger partial charge in [0.25, 0.3) is 6.43 Å². The van der Waals surface area contributed by atoms with Crippen molar-refractivity contribution >= 4 is 17.9 Å². The molecule has 0 saturated carbocycles. The Morgan fingerprint density at radius 3 is 2.71 bits per heavy atom. The van der Waals surface area contributed by atoms with E-state index in [9.17, 15) is 13.6 Å². The van der Waals surface area contributed by atoms with Crippen molar-refractivity contribution in [1.29, 1.82) is 0 Å². The molecule has 0 atom stereocenters. The van der Waals surface area contributed by atoms with Crippen LogP contribution in [-0.2, 0) is 5.88 Å². The van der Waals surface area contributed by atoms with Gasteiger partial charge in [-0.15, -0.1) is 11.6 Å². The molecular formula is C9H8ClF2NO. The standard InChI is InChI=1S/C9H8ClF2NO/c1-5-2-6(9(11)12)7(4-14)8(3-10)13-5/h2,4,9H,3H2,1H3. The summed E-state index contributed by atoms with van der Waals surface area (Å²) in [4.78, 5) is 14.5. The fraction of sp³-hybridized carbons (Fsp3) is 0.333. The second kappa shape index (κ2) is 4.46. The summed E-state index contributed by atoms with van der Waals surface area (Å²) in [5.74, 6) is -0.0462. The minimum Gasteiger partial charge on any atom is -0.298 e. The Labute approximate surface area is 84.9 Å². The number of aryl methyl sites for hydroxylation is 1. The monoisotopic (exact) mass is 219 g/mol. The lowest BCUT2D eigenvalue weighted by molar-refractivity contribution is 0.110. The van der Waals surface area contributed by atoms with Crippen molar-refractivity contribution in [2.75, 3.05) is 0 Å². The molecule has 0 bridgehead atoms. The molecule has 0 radical (unpaired) electrons. The summed E-state index contributed by atoms with van der Waals surface area (Å²) in [5, 5.41) is 0. The average Bonchev–Trinajstić information content (AvgIpc) is 2.16. The van der Waals surface area contributed by atoms with Gasteiger partial charge in [0.15, 0.2) is 6.29 Å². The van der Waals surface area contributed by atoms with Gasteiger partial charge in [-0.1, -0.05) is 0 Å². The van der Waals surface area contributed by atoms with Crippen molar-refractivity contribution in [3.05, 3.63) is 28.6 Å². The molecule has 76 valence electrons. The summed E-state index contributed by atoms with van der Waals surface area (Å²) < 4.78 is 25.0. The van der Waals surface area contributed by atoms with Crippen LogP contribution in [0.2, 0.25) is 0 Å². The van der Waals surface area contributed by atoms with Crippen LogP contribution in [0, 0.1) is 6.92 Å². The molecule has 0 fully saturated rings. The van der Waals surface area contributed by atoms with Crippen LogP contribution in [0.1, 0.15) is 33.7 Å². The summed E-state index contributed by atoms with van der Waals surface area (Å²) in [5.41, 5.74) is 0.238. The second-order valence-electron chi connectivity index (χ2n) is 2.77. The van der Waals surface area contributed by atoms with E-state index in [0.717, 1.165) is 0 Å². The zero-order valence-corrected chi connectivity index (χ0v) is 8.18. The number of hydrogen-bond donors (Lipinski definition) is 0. The zero-order chi connectivity index (χ0) is 10.7. The number of nitrogens with zero attached hydrogens (tertiary/aromatic N) is 1. The molecule has 1 aromatic rings. The van der Waals surface area contributed by atoms with E-state index < -0.39 is 6.43 Å². The number of hydrogen-bond acceptors (Lipinski definition) is 2. The normalized spacial score (nSPS) is 10.6. The molecule has 0 aliphatic carbocycles. The maximum Gasteiger partial charge on any atom is 0.264 e. The topological polar surface area (TPSA) is 30.0 Å². The lowest BCUT2D eigenvalue weighted by Gasteiger charge is -2.08. The first kappa shape index (κ1) is 11.0. The third-order valence-electron chi connectivity index (χ3n) is 1.78.